The Hall–Kier alpha value is -2.23. The van der Waals surface area contributed by atoms with Crippen molar-refractivity contribution < 1.29 is 27.9 Å². The Bertz CT molecular complexity index is 629. The van der Waals surface area contributed by atoms with Crippen molar-refractivity contribution >= 4 is 29.7 Å². The number of urea groups is 1. The van der Waals surface area contributed by atoms with E-state index in [1.807, 2.05) is 0 Å². The number of alkyl halides is 2. The first-order valence-electron chi connectivity index (χ1n) is 6.60. The Kier molecular flexibility index (Phi) is 5.48. The Labute approximate surface area is 134 Å². The number of aromatic nitrogens is 1. The lowest BCUT2D eigenvalue weighted by Gasteiger charge is -2.18. The third-order valence-corrected chi connectivity index (χ3v) is 3.67. The number of hydrogen-bond acceptors (Lipinski definition) is 6. The highest BCUT2D eigenvalue weighted by molar-refractivity contribution is 7.99. The van der Waals surface area contributed by atoms with E-state index in [0.29, 0.717) is 6.54 Å². The maximum Gasteiger partial charge on any atom is 0.341 e. The number of ether oxygens (including phenoxy) is 1. The zero-order valence-electron chi connectivity index (χ0n) is 12.0. The number of imide groups is 1. The van der Waals surface area contributed by atoms with Crippen molar-refractivity contribution in [3.63, 3.8) is 0 Å². The maximum absolute atomic E-state index is 12.5. The lowest BCUT2D eigenvalue weighted by Crippen LogP contribution is -2.41. The fourth-order valence-electron chi connectivity index (χ4n) is 1.90. The number of esters is 1. The molecule has 7 nitrogen and oxygen atoms in total. The summed E-state index contributed by atoms with van der Waals surface area (Å²) in [6.45, 7) is 1.81. The molecule has 23 heavy (non-hydrogen) atoms. The summed E-state index contributed by atoms with van der Waals surface area (Å²) in [5, 5.41) is 2.26. The van der Waals surface area contributed by atoms with Gasteiger partial charge in [-0.1, -0.05) is 0 Å². The standard InChI is InChI=1S/C13H13F2N3O4S/c1-7(10(19)18-6-5-17-13(18)21)22-11(20)8-3-2-4-16-9(8)23-12(14)15/h2-4,7,12H,5-6H2,1H3,(H,17,21). The number of rotatable bonds is 5. The zero-order valence-corrected chi connectivity index (χ0v) is 12.8. The predicted molar refractivity (Wildman–Crippen MR) is 76.1 cm³/mol. The molecule has 1 aliphatic heterocycles. The predicted octanol–water partition coefficient (Wildman–Crippen LogP) is 1.49. The third kappa shape index (κ3) is 4.15. The van der Waals surface area contributed by atoms with E-state index >= 15 is 0 Å². The largest absolute Gasteiger partial charge is 0.449 e. The minimum Gasteiger partial charge on any atom is -0.449 e. The second kappa shape index (κ2) is 7.36. The molecule has 10 heteroatoms. The van der Waals surface area contributed by atoms with Crippen LogP contribution in [0, 0.1) is 0 Å². The van der Waals surface area contributed by atoms with E-state index in [-0.39, 0.29) is 28.9 Å². The van der Waals surface area contributed by atoms with Gasteiger partial charge in [-0.3, -0.25) is 9.69 Å². The van der Waals surface area contributed by atoms with Crippen LogP contribution in [0.25, 0.3) is 0 Å². The summed E-state index contributed by atoms with van der Waals surface area (Å²) < 4.78 is 29.9. The van der Waals surface area contributed by atoms with E-state index in [4.69, 9.17) is 4.74 Å². The highest BCUT2D eigenvalue weighted by Gasteiger charge is 2.32. The van der Waals surface area contributed by atoms with Crippen LogP contribution < -0.4 is 5.32 Å². The van der Waals surface area contributed by atoms with Gasteiger partial charge in [0, 0.05) is 19.3 Å². The van der Waals surface area contributed by atoms with Crippen LogP contribution in [-0.4, -0.2) is 52.7 Å². The molecule has 2 rings (SSSR count). The summed E-state index contributed by atoms with van der Waals surface area (Å²) >= 11 is 0.110. The lowest BCUT2D eigenvalue weighted by atomic mass is 10.3. The van der Waals surface area contributed by atoms with Crippen molar-refractivity contribution in [1.29, 1.82) is 0 Å². The Balaban J connectivity index is 2.06. The van der Waals surface area contributed by atoms with Crippen molar-refractivity contribution in [2.24, 2.45) is 0 Å². The molecule has 3 amide bonds. The molecular weight excluding hydrogens is 332 g/mol. The summed E-state index contributed by atoms with van der Waals surface area (Å²) in [7, 11) is 0. The quantitative estimate of drug-likeness (QED) is 0.643. The average Bonchev–Trinajstić information content (AvgIpc) is 2.92. The van der Waals surface area contributed by atoms with Crippen LogP contribution in [0.3, 0.4) is 0 Å². The van der Waals surface area contributed by atoms with Crippen molar-refractivity contribution in [3.8, 4) is 0 Å². The molecule has 0 saturated carbocycles. The molecule has 1 N–H and O–H groups in total. The highest BCUT2D eigenvalue weighted by Crippen LogP contribution is 2.27. The third-order valence-electron chi connectivity index (χ3n) is 2.95. The van der Waals surface area contributed by atoms with Gasteiger partial charge in [-0.2, -0.15) is 8.78 Å². The van der Waals surface area contributed by atoms with E-state index in [0.717, 1.165) is 4.90 Å². The molecule has 0 bridgehead atoms. The van der Waals surface area contributed by atoms with Crippen molar-refractivity contribution in [2.45, 2.75) is 23.8 Å². The maximum atomic E-state index is 12.5. The van der Waals surface area contributed by atoms with Gasteiger partial charge < -0.3 is 10.1 Å². The van der Waals surface area contributed by atoms with Crippen LogP contribution in [0.5, 0.6) is 0 Å². The van der Waals surface area contributed by atoms with Gasteiger partial charge in [-0.25, -0.2) is 14.6 Å². The van der Waals surface area contributed by atoms with Crippen LogP contribution in [0.15, 0.2) is 23.4 Å². The van der Waals surface area contributed by atoms with Crippen LogP contribution in [-0.2, 0) is 9.53 Å². The normalized spacial score (nSPS) is 15.5. The first-order chi connectivity index (χ1) is 10.9. The summed E-state index contributed by atoms with van der Waals surface area (Å²) in [6, 6.07) is 2.11. The first kappa shape index (κ1) is 17.1. The van der Waals surface area contributed by atoms with Crippen LogP contribution >= 0.6 is 11.8 Å². The van der Waals surface area contributed by atoms with E-state index in [1.165, 1.54) is 25.3 Å². The molecule has 0 aromatic carbocycles. The minimum atomic E-state index is -2.75. The number of hydrogen-bond donors (Lipinski definition) is 1. The molecule has 1 aliphatic rings. The van der Waals surface area contributed by atoms with Crippen LogP contribution in [0.2, 0.25) is 0 Å². The molecule has 1 fully saturated rings. The molecule has 1 atom stereocenters. The van der Waals surface area contributed by atoms with E-state index < -0.39 is 29.8 Å². The number of amides is 3. The van der Waals surface area contributed by atoms with Gasteiger partial charge in [-0.15, -0.1) is 0 Å². The molecular formula is C13H13F2N3O4S. The van der Waals surface area contributed by atoms with Gasteiger partial charge in [0.1, 0.15) is 5.03 Å². The molecule has 124 valence electrons. The monoisotopic (exact) mass is 345 g/mol. The number of thioether (sulfide) groups is 1. The molecule has 1 unspecified atom stereocenters. The summed E-state index contributed by atoms with van der Waals surface area (Å²) in [6.07, 6.45) is 0.0425. The highest BCUT2D eigenvalue weighted by atomic mass is 32.2. The fourth-order valence-corrected chi connectivity index (χ4v) is 2.47. The SMILES string of the molecule is CC(OC(=O)c1cccnc1SC(F)F)C(=O)N1CCNC1=O. The molecule has 0 radical (unpaired) electrons. The molecule has 2 heterocycles. The van der Waals surface area contributed by atoms with E-state index in [1.54, 1.807) is 0 Å². The number of carbonyl (C=O) groups is 3. The van der Waals surface area contributed by atoms with Gasteiger partial charge in [-0.05, 0) is 30.8 Å². The van der Waals surface area contributed by atoms with Crippen LogP contribution in [0.1, 0.15) is 17.3 Å². The Morgan fingerprint density at radius 1 is 1.48 bits per heavy atom. The Morgan fingerprint density at radius 3 is 2.83 bits per heavy atom. The van der Waals surface area contributed by atoms with Gasteiger partial charge in [0.05, 0.1) is 5.56 Å². The van der Waals surface area contributed by atoms with E-state index in [9.17, 15) is 23.2 Å². The van der Waals surface area contributed by atoms with Crippen LogP contribution in [0.4, 0.5) is 13.6 Å². The van der Waals surface area contributed by atoms with Crippen molar-refractivity contribution in [3.05, 3.63) is 23.9 Å². The van der Waals surface area contributed by atoms with Gasteiger partial charge in [0.2, 0.25) is 0 Å². The minimum absolute atomic E-state index is 0.110. The van der Waals surface area contributed by atoms with Gasteiger partial charge in [0.25, 0.3) is 11.7 Å². The molecule has 0 aliphatic carbocycles. The van der Waals surface area contributed by atoms with Crippen molar-refractivity contribution in [2.75, 3.05) is 13.1 Å². The number of carbonyl (C=O) groups excluding carboxylic acids is 3. The van der Waals surface area contributed by atoms with Gasteiger partial charge >= 0.3 is 12.0 Å². The number of pyridine rings is 1. The van der Waals surface area contributed by atoms with Gasteiger partial charge in [0.15, 0.2) is 6.10 Å². The lowest BCUT2D eigenvalue weighted by molar-refractivity contribution is -0.136. The zero-order chi connectivity index (χ0) is 17.0. The van der Waals surface area contributed by atoms with E-state index in [2.05, 4.69) is 10.3 Å². The second-order valence-electron chi connectivity index (χ2n) is 4.50. The Morgan fingerprint density at radius 2 is 2.22 bits per heavy atom. The molecule has 1 aromatic rings. The molecule has 1 saturated heterocycles. The number of nitrogens with zero attached hydrogens (tertiary/aromatic N) is 2. The summed E-state index contributed by atoms with van der Waals surface area (Å²) in [4.78, 5) is 40.1. The summed E-state index contributed by atoms with van der Waals surface area (Å²) in [5.41, 5.74) is -0.164. The smallest absolute Gasteiger partial charge is 0.341 e. The summed E-state index contributed by atoms with van der Waals surface area (Å²) in [5.74, 6) is -4.38. The van der Waals surface area contributed by atoms with Crippen molar-refractivity contribution in [1.82, 2.24) is 15.2 Å². The second-order valence-corrected chi connectivity index (χ2v) is 5.48. The number of nitrogens with one attached hydrogen (secondary N) is 1. The first-order valence-corrected chi connectivity index (χ1v) is 7.48. The number of halogens is 2. The fraction of sp³-hybridized carbons (Fsp3) is 0.385. The average molecular weight is 345 g/mol. The topological polar surface area (TPSA) is 88.6 Å². The molecule has 1 aromatic heterocycles. The molecule has 0 spiro atoms.